The molecule has 24 nitrogen and oxygen atoms in total. The molecular weight excluding hydrogens is 1510 g/mol. The first kappa shape index (κ1) is 90.5. The van der Waals surface area contributed by atoms with E-state index in [0.717, 1.165) is 69.5 Å². The summed E-state index contributed by atoms with van der Waals surface area (Å²) in [5.74, 6) is 4.71. The highest BCUT2D eigenvalue weighted by molar-refractivity contribution is 6.74. The molecule has 3 aliphatic heterocycles. The first-order chi connectivity index (χ1) is 56.0. The molecule has 4 heterocycles. The van der Waals surface area contributed by atoms with Gasteiger partial charge in [0.15, 0.2) is 11.6 Å². The van der Waals surface area contributed by atoms with E-state index in [-0.39, 0.29) is 54.4 Å². The summed E-state index contributed by atoms with van der Waals surface area (Å²) in [7, 11) is 1.88. The normalized spacial score (nSPS) is 15.3. The maximum absolute atomic E-state index is 14.3. The van der Waals surface area contributed by atoms with Crippen molar-refractivity contribution in [2.45, 2.75) is 202 Å². The molecule has 118 heavy (non-hydrogen) atoms. The molecule has 0 spiro atoms. The number of likely N-dealkylation sites (tertiary alicyclic amines) is 3. The maximum atomic E-state index is 14.3. The van der Waals surface area contributed by atoms with Gasteiger partial charge in [-0.15, -0.1) is 9.88 Å². The predicted octanol–water partition coefficient (Wildman–Crippen LogP) is 21.0. The fourth-order valence-corrected chi connectivity index (χ4v) is 13.5. The first-order valence-corrected chi connectivity index (χ1v) is 44.0. The van der Waals surface area contributed by atoms with Gasteiger partial charge in [-0.3, -0.25) is 4.79 Å². The second-order valence-corrected chi connectivity index (χ2v) is 38.9. The van der Waals surface area contributed by atoms with Crippen LogP contribution in [-0.2, 0) is 40.6 Å². The number of benzene rings is 8. The van der Waals surface area contributed by atoms with Crippen LogP contribution in [0.5, 0.6) is 34.5 Å². The van der Waals surface area contributed by atoms with E-state index in [1.165, 1.54) is 5.56 Å². The van der Waals surface area contributed by atoms with E-state index in [9.17, 15) is 19.2 Å². The number of carbonyl (C=O) groups is 4. The Morgan fingerprint density at radius 1 is 0.483 bits per heavy atom. The number of nitrogens with zero attached hydrogens (tertiary/aromatic N) is 10. The van der Waals surface area contributed by atoms with Gasteiger partial charge in [0.25, 0.3) is 0 Å². The molecule has 3 saturated heterocycles. The molecular formula is C93H119N11O13Si. The van der Waals surface area contributed by atoms with Crippen LogP contribution in [0.1, 0.15) is 177 Å². The molecule has 0 radical (unpaired) electrons. The smallest absolute Gasteiger partial charge is 0.410 e. The van der Waals surface area contributed by atoms with Crippen LogP contribution in [0.15, 0.2) is 187 Å². The number of nitrogens with two attached hydrogens (primary N) is 1. The number of ketones is 1. The molecule has 12 rings (SSSR count). The lowest BCUT2D eigenvalue weighted by molar-refractivity contribution is 0.0277. The van der Waals surface area contributed by atoms with Crippen molar-refractivity contribution >= 4 is 32.3 Å². The quantitative estimate of drug-likeness (QED) is 0.0147. The van der Waals surface area contributed by atoms with E-state index in [1.807, 2.05) is 240 Å². The minimum Gasteiger partial charge on any atom is -0.496 e. The van der Waals surface area contributed by atoms with Crippen molar-refractivity contribution in [3.8, 4) is 68.1 Å². The lowest BCUT2D eigenvalue weighted by Crippen LogP contribution is -2.36. The van der Waals surface area contributed by atoms with E-state index in [1.54, 1.807) is 33.6 Å². The lowest BCUT2D eigenvalue weighted by atomic mass is 9.92. The van der Waals surface area contributed by atoms with Gasteiger partial charge in [-0.05, 0) is 190 Å². The number of carbonyl (C=O) groups excluding carboxylic acids is 4. The first-order valence-electron chi connectivity index (χ1n) is 40.5. The highest BCUT2D eigenvalue weighted by Gasteiger charge is 2.36. The number of hydrogen-bond acceptors (Lipinski definition) is 18. The number of amides is 3. The molecule has 3 fully saturated rings. The van der Waals surface area contributed by atoms with E-state index >= 15 is 0 Å². The van der Waals surface area contributed by atoms with Crippen LogP contribution in [0.4, 0.5) is 14.4 Å². The van der Waals surface area contributed by atoms with Crippen LogP contribution in [0.25, 0.3) is 44.1 Å². The number of methoxy groups -OCH3 is 2. The summed E-state index contributed by atoms with van der Waals surface area (Å²) in [6, 6.07) is 60.0. The molecule has 3 atom stereocenters. The third kappa shape index (κ3) is 27.3. The third-order valence-electron chi connectivity index (χ3n) is 19.3. The van der Waals surface area contributed by atoms with Gasteiger partial charge < -0.3 is 63.1 Å². The fraction of sp³-hybridized carbons (Fsp3) is 0.430. The molecule has 628 valence electrons. The molecule has 3 amide bonds. The van der Waals surface area contributed by atoms with Gasteiger partial charge in [0.05, 0.1) is 31.4 Å². The summed E-state index contributed by atoms with van der Waals surface area (Å²) in [6.45, 7) is 36.0. The highest BCUT2D eigenvalue weighted by Crippen LogP contribution is 2.47. The molecule has 25 heteroatoms. The van der Waals surface area contributed by atoms with E-state index in [2.05, 4.69) is 77.2 Å². The Morgan fingerprint density at radius 2 is 0.864 bits per heavy atom. The lowest BCUT2D eigenvalue weighted by Gasteiger charge is -2.24. The molecule has 0 bridgehead atoms. The van der Waals surface area contributed by atoms with Crippen molar-refractivity contribution in [3.63, 3.8) is 0 Å². The number of azide groups is 1. The third-order valence-corrected chi connectivity index (χ3v) is 20.0. The second kappa shape index (κ2) is 41.6. The summed E-state index contributed by atoms with van der Waals surface area (Å²) in [5, 5.41) is 13.1. The molecule has 9 aromatic rings. The van der Waals surface area contributed by atoms with Gasteiger partial charge >= 0.3 is 18.3 Å². The molecule has 0 saturated carbocycles. The highest BCUT2D eigenvalue weighted by atomic mass is 28.3. The van der Waals surface area contributed by atoms with Crippen molar-refractivity contribution < 1.29 is 61.8 Å². The molecule has 1 aromatic heterocycles. The Hall–Kier alpha value is -11.4. The van der Waals surface area contributed by atoms with Crippen LogP contribution in [0.3, 0.4) is 0 Å². The molecule has 2 N–H and O–H groups in total. The maximum Gasteiger partial charge on any atom is 0.410 e. The standard InChI is InChI=1S/C41H47NO6.C40H45N5O5.C9H18N2O2.C3H9N3Si/c1-28(2)32-17-18-37(45-6)33(22-32)34-23-35(36(43)21-31-19-20-42(25-31)40(44)48-41(3,4)5)39(47-27-30-15-11-8-12-16-30)24-38(34)46-26-29-13-9-7-10-14-29;1-27(2)30-17-18-35(47-6)32(21-30)33-22-34(38-41-42-43-45(38)31-19-20-44(24-31)39(46)50-40(3,4)5)37(49-26-29-15-11-8-12-16-29)23-36(33)48-25-28-13-9-7-10-14-28;1-9(2,3)13-8(12)11-5-4-7(10)6-11;1-7(2,3)6-5-4/h7-18,22-24,28,31H,19-21,25-27H2,1-6H3;7-18,21-23,27,31H,19-20,24-26H2,1-6H3;7H,4-6,10H2,1-3H3;1-3H3. The van der Waals surface area contributed by atoms with Crippen molar-refractivity contribution in [2.75, 3.05) is 53.5 Å². The van der Waals surface area contributed by atoms with Crippen LogP contribution >= 0.6 is 0 Å². The topological polar surface area (TPSA) is 279 Å². The van der Waals surface area contributed by atoms with Gasteiger partial charge in [0.2, 0.25) is 0 Å². The van der Waals surface area contributed by atoms with E-state index in [4.69, 9.17) is 53.9 Å². The monoisotopic (exact) mass is 1630 g/mol. The predicted molar refractivity (Wildman–Crippen MR) is 464 cm³/mol. The average Bonchev–Trinajstić information content (AvgIpc) is 1.46. The zero-order chi connectivity index (χ0) is 85.5. The minimum absolute atomic E-state index is 0.00301. The number of hydrogen-bond donors (Lipinski definition) is 1. The van der Waals surface area contributed by atoms with Crippen LogP contribution in [0, 0.1) is 5.92 Å². The summed E-state index contributed by atoms with van der Waals surface area (Å²) in [5.41, 5.74) is 22.8. The Balaban J connectivity index is 0.000000218. The Morgan fingerprint density at radius 3 is 1.25 bits per heavy atom. The van der Waals surface area contributed by atoms with E-state index in [0.29, 0.717) is 123 Å². The Kier molecular flexibility index (Phi) is 31.9. The molecule has 8 aromatic carbocycles. The van der Waals surface area contributed by atoms with Gasteiger partial charge in [-0.1, -0.05) is 181 Å². The van der Waals surface area contributed by atoms with Crippen molar-refractivity contribution in [1.29, 1.82) is 0 Å². The average molecular weight is 1630 g/mol. The van der Waals surface area contributed by atoms with Gasteiger partial charge in [0.1, 0.15) is 86.0 Å². The van der Waals surface area contributed by atoms with Crippen molar-refractivity contribution in [2.24, 2.45) is 16.4 Å². The number of aromatic nitrogens is 4. The van der Waals surface area contributed by atoms with E-state index < -0.39 is 25.0 Å². The van der Waals surface area contributed by atoms with Crippen LogP contribution in [-0.4, -0.2) is 144 Å². The van der Waals surface area contributed by atoms with Crippen molar-refractivity contribution in [1.82, 2.24) is 34.9 Å². The minimum atomic E-state index is -1.45. The molecule has 0 aliphatic carbocycles. The SMILES string of the molecule is CC(C)(C)OC(=O)N1CCC(N)C1.COc1ccc(C(C)C)cc1-c1cc(-c2nnnn2C2CCN(C(=O)OC(C)(C)C)C2)c(OCc2ccccc2)cc1OCc1ccccc1.COc1ccc(C(C)C)cc1-c1cc(C(=O)CC2CCN(C(=O)OC(C)(C)C)C2)c(OCc2ccccc2)cc1OCc1ccccc1.C[Si](C)(C)N=[N+]=[N-]. The van der Waals surface area contributed by atoms with Gasteiger partial charge in [-0.2, -0.15) is 0 Å². The molecule has 3 aliphatic rings. The number of rotatable bonds is 24. The number of ether oxygens (including phenoxy) is 9. The summed E-state index contributed by atoms with van der Waals surface area (Å²) >= 11 is 0. The Labute approximate surface area is 697 Å². The fourth-order valence-electron chi connectivity index (χ4n) is 13.3. The van der Waals surface area contributed by atoms with Crippen LogP contribution < -0.4 is 34.2 Å². The summed E-state index contributed by atoms with van der Waals surface area (Å²) in [4.78, 5) is 59.2. The zero-order valence-corrected chi connectivity index (χ0v) is 73.0. The van der Waals surface area contributed by atoms with Crippen LogP contribution in [0.2, 0.25) is 19.6 Å². The summed E-state index contributed by atoms with van der Waals surface area (Å²) < 4.78 is 59.7. The molecule has 3 unspecified atom stereocenters. The Bertz CT molecular complexity index is 4820. The largest absolute Gasteiger partial charge is 0.496 e. The summed E-state index contributed by atoms with van der Waals surface area (Å²) in [6.07, 6.45) is 1.60. The zero-order valence-electron chi connectivity index (χ0n) is 72.0. The van der Waals surface area contributed by atoms with Gasteiger partial charge in [-0.25, -0.2) is 19.1 Å². The second-order valence-electron chi connectivity index (χ2n) is 34.4. The van der Waals surface area contributed by atoms with Gasteiger partial charge in [0, 0.05) is 86.1 Å². The van der Waals surface area contributed by atoms with Crippen molar-refractivity contribution in [3.05, 3.63) is 231 Å². The number of tetrazole rings is 1. The number of Topliss-reactive ketones (excluding diaryl/α,β-unsaturated/α-hetero) is 1.